The number of nitrogens with zero attached hydrogens (tertiary/aromatic N) is 1. The van der Waals surface area contributed by atoms with Crippen molar-refractivity contribution in [2.45, 2.75) is 32.6 Å². The van der Waals surface area contributed by atoms with Crippen LogP contribution >= 0.6 is 0 Å². The van der Waals surface area contributed by atoms with Gasteiger partial charge in [-0.15, -0.1) is 0 Å². The second kappa shape index (κ2) is 9.82. The highest BCUT2D eigenvalue weighted by Crippen LogP contribution is 2.11. The van der Waals surface area contributed by atoms with Gasteiger partial charge in [-0.2, -0.15) is 0 Å². The first kappa shape index (κ1) is 18.0. The molecule has 0 heterocycles. The van der Waals surface area contributed by atoms with E-state index >= 15 is 0 Å². The summed E-state index contributed by atoms with van der Waals surface area (Å²) < 4.78 is 5.09. The third kappa shape index (κ3) is 6.61. The van der Waals surface area contributed by atoms with E-state index in [-0.39, 0.29) is 18.2 Å². The van der Waals surface area contributed by atoms with Gasteiger partial charge < -0.3 is 15.0 Å². The first-order chi connectivity index (χ1) is 10.6. The number of unbranched alkanes of at least 4 members (excludes halogenated alkanes) is 1. The van der Waals surface area contributed by atoms with Gasteiger partial charge in [-0.05, 0) is 30.5 Å². The molecule has 0 saturated carbocycles. The monoisotopic (exact) mass is 306 g/mol. The zero-order valence-corrected chi connectivity index (χ0v) is 13.7. The fraction of sp³-hybridized carbons (Fsp3) is 0.529. The van der Waals surface area contributed by atoms with E-state index in [0.717, 1.165) is 30.6 Å². The highest BCUT2D eigenvalue weighted by Gasteiger charge is 2.13. The zero-order valence-electron chi connectivity index (χ0n) is 13.7. The smallest absolute Gasteiger partial charge is 0.231 e. The molecule has 0 saturated heterocycles. The summed E-state index contributed by atoms with van der Waals surface area (Å²) in [6.45, 7) is 3.30. The lowest BCUT2D eigenvalue weighted by Gasteiger charge is -2.16. The van der Waals surface area contributed by atoms with Gasteiger partial charge in [0.2, 0.25) is 11.8 Å². The predicted octanol–water partition coefficient (Wildman–Crippen LogP) is 2.00. The van der Waals surface area contributed by atoms with Crippen LogP contribution in [-0.4, -0.2) is 44.0 Å². The van der Waals surface area contributed by atoms with Crippen LogP contribution in [0.2, 0.25) is 0 Å². The van der Waals surface area contributed by atoms with Crippen molar-refractivity contribution in [3.05, 3.63) is 29.8 Å². The third-order valence-electron chi connectivity index (χ3n) is 3.48. The second-order valence-corrected chi connectivity index (χ2v) is 5.29. The maximum atomic E-state index is 11.8. The highest BCUT2D eigenvalue weighted by atomic mass is 16.5. The summed E-state index contributed by atoms with van der Waals surface area (Å²) in [4.78, 5) is 25.2. The van der Waals surface area contributed by atoms with E-state index in [0.29, 0.717) is 13.1 Å². The molecule has 1 aromatic carbocycles. The van der Waals surface area contributed by atoms with Crippen LogP contribution in [0.5, 0.6) is 5.75 Å². The molecule has 0 radical (unpaired) electrons. The average molecular weight is 306 g/mol. The largest absolute Gasteiger partial charge is 0.497 e. The summed E-state index contributed by atoms with van der Waals surface area (Å²) in [5, 5.41) is 2.78. The number of hydrogen-bond acceptors (Lipinski definition) is 3. The van der Waals surface area contributed by atoms with Gasteiger partial charge in [-0.3, -0.25) is 9.59 Å². The number of hydrogen-bond donors (Lipinski definition) is 1. The van der Waals surface area contributed by atoms with Crippen LogP contribution in [0.15, 0.2) is 24.3 Å². The van der Waals surface area contributed by atoms with Gasteiger partial charge in [0.1, 0.15) is 12.2 Å². The molecule has 1 aromatic rings. The molecular formula is C17H26N2O3. The van der Waals surface area contributed by atoms with Gasteiger partial charge in [0, 0.05) is 20.1 Å². The summed E-state index contributed by atoms with van der Waals surface area (Å²) >= 11 is 0. The molecule has 0 aliphatic carbocycles. The van der Waals surface area contributed by atoms with E-state index in [1.165, 1.54) is 0 Å². The number of methoxy groups -OCH3 is 1. The number of carbonyl (C=O) groups is 2. The molecule has 1 rings (SSSR count). The molecule has 122 valence electrons. The third-order valence-corrected chi connectivity index (χ3v) is 3.48. The van der Waals surface area contributed by atoms with E-state index in [9.17, 15) is 9.59 Å². The molecular weight excluding hydrogens is 280 g/mol. The Hall–Kier alpha value is -2.04. The molecule has 0 spiro atoms. The van der Waals surface area contributed by atoms with Crippen LogP contribution in [0.25, 0.3) is 0 Å². The van der Waals surface area contributed by atoms with Crippen LogP contribution < -0.4 is 10.1 Å². The molecule has 2 amide bonds. The number of ether oxygens (including phenoxy) is 1. The van der Waals surface area contributed by atoms with Gasteiger partial charge >= 0.3 is 0 Å². The Morgan fingerprint density at radius 3 is 2.50 bits per heavy atom. The maximum absolute atomic E-state index is 11.8. The topological polar surface area (TPSA) is 58.6 Å². The Labute approximate surface area is 132 Å². The number of carbonyl (C=O) groups excluding carboxylic acids is 2. The number of benzene rings is 1. The minimum atomic E-state index is -0.220. The van der Waals surface area contributed by atoms with Crippen LogP contribution in [-0.2, 0) is 16.0 Å². The van der Waals surface area contributed by atoms with E-state index in [1.54, 1.807) is 19.1 Å². The van der Waals surface area contributed by atoms with Crippen molar-refractivity contribution in [2.24, 2.45) is 0 Å². The zero-order chi connectivity index (χ0) is 16.4. The average Bonchev–Trinajstić information content (AvgIpc) is 2.53. The van der Waals surface area contributed by atoms with E-state index in [1.807, 2.05) is 24.3 Å². The number of amides is 2. The molecule has 0 aromatic heterocycles. The summed E-state index contributed by atoms with van der Waals surface area (Å²) in [5.74, 6) is 0.464. The fourth-order valence-corrected chi connectivity index (χ4v) is 1.99. The van der Waals surface area contributed by atoms with Gasteiger partial charge in [0.25, 0.3) is 0 Å². The van der Waals surface area contributed by atoms with Gasteiger partial charge in [0.05, 0.1) is 7.11 Å². The molecule has 1 N–H and O–H groups in total. The molecule has 0 unspecified atom stereocenters. The Morgan fingerprint density at radius 1 is 1.23 bits per heavy atom. The van der Waals surface area contributed by atoms with Crippen molar-refractivity contribution in [1.29, 1.82) is 0 Å². The maximum Gasteiger partial charge on any atom is 0.231 e. The van der Waals surface area contributed by atoms with Crippen molar-refractivity contribution in [3.8, 4) is 5.75 Å². The SMILES string of the molecule is CCCCN(C)C(=O)CC(=O)NCCc1ccc(OC)cc1. The first-order valence-electron chi connectivity index (χ1n) is 7.70. The fourth-order valence-electron chi connectivity index (χ4n) is 1.99. The lowest BCUT2D eigenvalue weighted by molar-refractivity contribution is -0.135. The normalized spacial score (nSPS) is 10.1. The quantitative estimate of drug-likeness (QED) is 0.710. The number of nitrogens with one attached hydrogen (secondary N) is 1. The lowest BCUT2D eigenvalue weighted by atomic mass is 10.1. The first-order valence-corrected chi connectivity index (χ1v) is 7.70. The standard InChI is InChI=1S/C17H26N2O3/c1-4-5-12-19(2)17(21)13-16(20)18-11-10-14-6-8-15(22-3)9-7-14/h6-9H,4-5,10-13H2,1-3H3,(H,18,20). The summed E-state index contributed by atoms with van der Waals surface area (Å²) in [6, 6.07) is 7.72. The van der Waals surface area contributed by atoms with Crippen LogP contribution in [0.3, 0.4) is 0 Å². The molecule has 0 aliphatic heterocycles. The van der Waals surface area contributed by atoms with E-state index in [2.05, 4.69) is 12.2 Å². The van der Waals surface area contributed by atoms with Crippen molar-refractivity contribution in [1.82, 2.24) is 10.2 Å². The highest BCUT2D eigenvalue weighted by molar-refractivity contribution is 5.96. The molecule has 0 aliphatic rings. The van der Waals surface area contributed by atoms with Crippen LogP contribution in [0.4, 0.5) is 0 Å². The van der Waals surface area contributed by atoms with E-state index in [4.69, 9.17) is 4.74 Å². The van der Waals surface area contributed by atoms with Crippen molar-refractivity contribution < 1.29 is 14.3 Å². The van der Waals surface area contributed by atoms with Crippen LogP contribution in [0.1, 0.15) is 31.7 Å². The Balaban J connectivity index is 2.26. The summed E-state index contributed by atoms with van der Waals surface area (Å²) in [6.07, 6.45) is 2.64. The van der Waals surface area contributed by atoms with Crippen molar-refractivity contribution in [3.63, 3.8) is 0 Å². The Kier molecular flexibility index (Phi) is 8.04. The van der Waals surface area contributed by atoms with Crippen molar-refractivity contribution in [2.75, 3.05) is 27.2 Å². The second-order valence-electron chi connectivity index (χ2n) is 5.29. The molecule has 0 bridgehead atoms. The summed E-state index contributed by atoms with van der Waals surface area (Å²) in [7, 11) is 3.37. The minimum absolute atomic E-state index is 0.0805. The summed E-state index contributed by atoms with van der Waals surface area (Å²) in [5.41, 5.74) is 1.12. The molecule has 5 nitrogen and oxygen atoms in total. The van der Waals surface area contributed by atoms with Gasteiger partial charge in [0.15, 0.2) is 0 Å². The van der Waals surface area contributed by atoms with Gasteiger partial charge in [-0.25, -0.2) is 0 Å². The molecule has 0 fully saturated rings. The molecule has 5 heteroatoms. The van der Waals surface area contributed by atoms with Gasteiger partial charge in [-0.1, -0.05) is 25.5 Å². The molecule has 0 atom stereocenters. The van der Waals surface area contributed by atoms with Crippen molar-refractivity contribution >= 4 is 11.8 Å². The lowest BCUT2D eigenvalue weighted by Crippen LogP contribution is -2.34. The van der Waals surface area contributed by atoms with Crippen LogP contribution in [0, 0.1) is 0 Å². The minimum Gasteiger partial charge on any atom is -0.497 e. The van der Waals surface area contributed by atoms with E-state index < -0.39 is 0 Å². The Bertz CT molecular complexity index is 471. The predicted molar refractivity (Wildman–Crippen MR) is 86.9 cm³/mol. The number of rotatable bonds is 9. The Morgan fingerprint density at radius 2 is 1.91 bits per heavy atom. The molecule has 22 heavy (non-hydrogen) atoms.